The molecule has 0 bridgehead atoms. The zero-order valence-electron chi connectivity index (χ0n) is 14.0. The molecule has 0 aromatic heterocycles. The number of nitrogens with one attached hydrogen (secondary N) is 1. The van der Waals surface area contributed by atoms with E-state index >= 15 is 0 Å². The molecule has 6 heteroatoms. The van der Waals surface area contributed by atoms with Gasteiger partial charge in [-0.25, -0.2) is 4.99 Å². The van der Waals surface area contributed by atoms with Gasteiger partial charge in [-0.05, 0) is 30.7 Å². The highest BCUT2D eigenvalue weighted by Gasteiger charge is 2.22. The maximum absolute atomic E-state index is 12.2. The largest absolute Gasteiger partial charge is 0.370 e. The molecule has 0 unspecified atom stereocenters. The fraction of sp³-hybridized carbons (Fsp3) is 0.444. The number of likely N-dealkylation sites (tertiary alicyclic amines) is 1. The summed E-state index contributed by atoms with van der Waals surface area (Å²) in [6.07, 6.45) is 4.89. The van der Waals surface area contributed by atoms with Gasteiger partial charge in [0.05, 0.1) is 0 Å². The minimum atomic E-state index is 0. The van der Waals surface area contributed by atoms with E-state index in [0.29, 0.717) is 12.5 Å². The van der Waals surface area contributed by atoms with Gasteiger partial charge in [0.1, 0.15) is 6.54 Å². The van der Waals surface area contributed by atoms with Crippen molar-refractivity contribution in [3.05, 3.63) is 48.6 Å². The Labute approximate surface area is 161 Å². The minimum absolute atomic E-state index is 0. The Morgan fingerprint density at radius 1 is 1.33 bits per heavy atom. The number of halogens is 1. The maximum atomic E-state index is 12.2. The summed E-state index contributed by atoms with van der Waals surface area (Å²) in [7, 11) is 0. The fourth-order valence-electron chi connectivity index (χ4n) is 2.82. The molecule has 132 valence electrons. The highest BCUT2D eigenvalue weighted by atomic mass is 127. The van der Waals surface area contributed by atoms with Crippen LogP contribution in [0.1, 0.15) is 18.4 Å². The van der Waals surface area contributed by atoms with E-state index in [4.69, 9.17) is 5.73 Å². The molecule has 1 aliphatic heterocycles. The third kappa shape index (κ3) is 6.90. The van der Waals surface area contributed by atoms with Crippen LogP contribution in [-0.4, -0.2) is 42.9 Å². The van der Waals surface area contributed by atoms with Crippen LogP contribution < -0.4 is 11.1 Å². The molecule has 1 saturated heterocycles. The number of nitrogens with two attached hydrogens (primary N) is 1. The predicted octanol–water partition coefficient (Wildman–Crippen LogP) is 2.18. The third-order valence-corrected chi connectivity index (χ3v) is 4.15. The SMILES string of the molecule is C=CCNC(N)=NCC(=O)N1CCC(Cc2ccccc2)CC1.I. The van der Waals surface area contributed by atoms with Gasteiger partial charge in [-0.3, -0.25) is 4.79 Å². The van der Waals surface area contributed by atoms with Crippen LogP contribution in [0.3, 0.4) is 0 Å². The molecule has 1 heterocycles. The summed E-state index contributed by atoms with van der Waals surface area (Å²) in [5.41, 5.74) is 7.04. The second-order valence-electron chi connectivity index (χ2n) is 5.88. The highest BCUT2D eigenvalue weighted by Crippen LogP contribution is 2.21. The van der Waals surface area contributed by atoms with Gasteiger partial charge >= 0.3 is 0 Å². The van der Waals surface area contributed by atoms with Crippen molar-refractivity contribution >= 4 is 35.8 Å². The number of aliphatic imine (C=N–C) groups is 1. The van der Waals surface area contributed by atoms with E-state index in [9.17, 15) is 4.79 Å². The van der Waals surface area contributed by atoms with Crippen molar-refractivity contribution in [3.63, 3.8) is 0 Å². The number of hydrogen-bond donors (Lipinski definition) is 2. The van der Waals surface area contributed by atoms with E-state index in [-0.39, 0.29) is 42.4 Å². The van der Waals surface area contributed by atoms with E-state index < -0.39 is 0 Å². The van der Waals surface area contributed by atoms with Crippen LogP contribution in [0.2, 0.25) is 0 Å². The average Bonchev–Trinajstić information content (AvgIpc) is 2.59. The third-order valence-electron chi connectivity index (χ3n) is 4.15. The van der Waals surface area contributed by atoms with Crippen molar-refractivity contribution in [2.24, 2.45) is 16.6 Å². The van der Waals surface area contributed by atoms with Crippen molar-refractivity contribution in [1.29, 1.82) is 0 Å². The number of rotatable bonds is 6. The molecule has 2 rings (SSSR count). The zero-order chi connectivity index (χ0) is 16.5. The summed E-state index contributed by atoms with van der Waals surface area (Å²) in [6, 6.07) is 10.5. The number of amides is 1. The quantitative estimate of drug-likeness (QED) is 0.307. The van der Waals surface area contributed by atoms with Crippen LogP contribution in [0.4, 0.5) is 0 Å². The van der Waals surface area contributed by atoms with Gasteiger partial charge in [-0.1, -0.05) is 36.4 Å². The highest BCUT2D eigenvalue weighted by molar-refractivity contribution is 14.0. The topological polar surface area (TPSA) is 70.7 Å². The molecular weight excluding hydrogens is 415 g/mol. The van der Waals surface area contributed by atoms with E-state index in [1.807, 2.05) is 11.0 Å². The van der Waals surface area contributed by atoms with Crippen LogP contribution in [-0.2, 0) is 11.2 Å². The van der Waals surface area contributed by atoms with Crippen molar-refractivity contribution in [2.45, 2.75) is 19.3 Å². The van der Waals surface area contributed by atoms with Gasteiger partial charge in [0.15, 0.2) is 5.96 Å². The Morgan fingerprint density at radius 2 is 2.00 bits per heavy atom. The number of carbonyl (C=O) groups is 1. The lowest BCUT2D eigenvalue weighted by atomic mass is 9.90. The first-order valence-corrected chi connectivity index (χ1v) is 8.15. The summed E-state index contributed by atoms with van der Waals surface area (Å²) in [4.78, 5) is 18.1. The molecular formula is C18H27IN4O. The lowest BCUT2D eigenvalue weighted by molar-refractivity contribution is -0.130. The molecule has 1 aliphatic rings. The number of carbonyl (C=O) groups excluding carboxylic acids is 1. The van der Waals surface area contributed by atoms with Crippen LogP contribution in [0.15, 0.2) is 48.0 Å². The molecule has 1 aromatic carbocycles. The number of nitrogens with zero attached hydrogens (tertiary/aromatic N) is 2. The maximum Gasteiger partial charge on any atom is 0.244 e. The van der Waals surface area contributed by atoms with Crippen molar-refractivity contribution in [2.75, 3.05) is 26.2 Å². The number of benzene rings is 1. The fourth-order valence-corrected chi connectivity index (χ4v) is 2.82. The Morgan fingerprint density at radius 3 is 2.62 bits per heavy atom. The average molecular weight is 442 g/mol. The predicted molar refractivity (Wildman–Crippen MR) is 110 cm³/mol. The van der Waals surface area contributed by atoms with E-state index in [0.717, 1.165) is 32.4 Å². The Kier molecular flexibility index (Phi) is 9.44. The van der Waals surface area contributed by atoms with Gasteiger partial charge in [-0.2, -0.15) is 0 Å². The number of guanidine groups is 1. The lowest BCUT2D eigenvalue weighted by Crippen LogP contribution is -2.41. The van der Waals surface area contributed by atoms with Crippen LogP contribution >= 0.6 is 24.0 Å². The summed E-state index contributed by atoms with van der Waals surface area (Å²) in [5.74, 6) is 0.994. The van der Waals surface area contributed by atoms with E-state index in [2.05, 4.69) is 41.2 Å². The normalized spacial score (nSPS) is 15.5. The molecule has 0 radical (unpaired) electrons. The van der Waals surface area contributed by atoms with Gasteiger partial charge in [0.25, 0.3) is 0 Å². The first-order chi connectivity index (χ1) is 11.2. The summed E-state index contributed by atoms with van der Waals surface area (Å²) < 4.78 is 0. The summed E-state index contributed by atoms with van der Waals surface area (Å²) in [6.45, 7) is 5.87. The number of hydrogen-bond acceptors (Lipinski definition) is 2. The van der Waals surface area contributed by atoms with E-state index in [1.54, 1.807) is 6.08 Å². The van der Waals surface area contributed by atoms with E-state index in [1.165, 1.54) is 5.56 Å². The van der Waals surface area contributed by atoms with Gasteiger partial charge in [0.2, 0.25) is 5.91 Å². The van der Waals surface area contributed by atoms with Crippen molar-refractivity contribution in [1.82, 2.24) is 10.2 Å². The molecule has 0 spiro atoms. The van der Waals surface area contributed by atoms with Gasteiger partial charge < -0.3 is 16.0 Å². The Balaban J connectivity index is 0.00000288. The monoisotopic (exact) mass is 442 g/mol. The second kappa shape index (κ2) is 11.1. The molecule has 24 heavy (non-hydrogen) atoms. The zero-order valence-corrected chi connectivity index (χ0v) is 16.3. The van der Waals surface area contributed by atoms with Gasteiger partial charge in [-0.15, -0.1) is 30.6 Å². The standard InChI is InChI=1S/C18H26N4O.HI/c1-2-10-20-18(19)21-14-17(23)22-11-8-16(9-12-22)13-15-6-4-3-5-7-15;/h2-7,16H,1,8-14H2,(H3,19,20,21);1H. The summed E-state index contributed by atoms with van der Waals surface area (Å²) in [5, 5.41) is 2.86. The first kappa shape index (κ1) is 20.5. The van der Waals surface area contributed by atoms with Crippen LogP contribution in [0.25, 0.3) is 0 Å². The van der Waals surface area contributed by atoms with Crippen molar-refractivity contribution in [3.8, 4) is 0 Å². The smallest absolute Gasteiger partial charge is 0.244 e. The van der Waals surface area contributed by atoms with Crippen LogP contribution in [0.5, 0.6) is 0 Å². The lowest BCUT2D eigenvalue weighted by Gasteiger charge is -2.31. The molecule has 5 nitrogen and oxygen atoms in total. The molecule has 3 N–H and O–H groups in total. The van der Waals surface area contributed by atoms with Gasteiger partial charge in [0, 0.05) is 19.6 Å². The molecule has 0 aliphatic carbocycles. The number of piperidine rings is 1. The second-order valence-corrected chi connectivity index (χ2v) is 5.88. The molecule has 1 amide bonds. The van der Waals surface area contributed by atoms with Crippen molar-refractivity contribution < 1.29 is 4.79 Å². The molecule has 1 aromatic rings. The van der Waals surface area contributed by atoms with Crippen LogP contribution in [0, 0.1) is 5.92 Å². The Bertz CT molecular complexity index is 539. The first-order valence-electron chi connectivity index (χ1n) is 8.15. The molecule has 1 fully saturated rings. The Hall–Kier alpha value is -1.57. The molecule has 0 saturated carbocycles. The minimum Gasteiger partial charge on any atom is -0.370 e. The summed E-state index contributed by atoms with van der Waals surface area (Å²) >= 11 is 0. The molecule has 0 atom stereocenters.